The third kappa shape index (κ3) is 3.66. The zero-order chi connectivity index (χ0) is 26.7. The van der Waals surface area contributed by atoms with Gasteiger partial charge in [0.15, 0.2) is 0 Å². The Morgan fingerprint density at radius 2 is 1.24 bits per heavy atom. The van der Waals surface area contributed by atoms with E-state index in [1.54, 1.807) is 0 Å². The quantitative estimate of drug-likeness (QED) is 0.224. The molecule has 1 aromatic heterocycles. The van der Waals surface area contributed by atoms with Crippen LogP contribution in [0.2, 0.25) is 0 Å². The number of aromatic nitrogens is 1. The Morgan fingerprint density at radius 1 is 0.730 bits per heavy atom. The highest BCUT2D eigenvalue weighted by molar-refractivity contribution is 6.98. The first-order valence-electron chi connectivity index (χ1n) is 13.8. The van der Waals surface area contributed by atoms with Crippen molar-refractivity contribution in [2.45, 2.75) is 104 Å². The molecule has 0 saturated heterocycles. The third-order valence-electron chi connectivity index (χ3n) is 8.93. The van der Waals surface area contributed by atoms with Crippen LogP contribution in [-0.4, -0.2) is 11.7 Å². The number of hydrogen-bond acceptors (Lipinski definition) is 3. The van der Waals surface area contributed by atoms with Gasteiger partial charge in [0.1, 0.15) is 17.2 Å². The maximum atomic E-state index is 6.96. The highest BCUT2D eigenvalue weighted by Crippen LogP contribution is 2.51. The number of fused-ring (bicyclic) bond motifs is 6. The fraction of sp³-hybridized carbons (Fsp3) is 0.485. The van der Waals surface area contributed by atoms with Gasteiger partial charge in [-0.15, -0.1) is 0 Å². The molecule has 37 heavy (non-hydrogen) atoms. The lowest BCUT2D eigenvalue weighted by atomic mass is 9.34. The molecule has 6 rings (SSSR count). The van der Waals surface area contributed by atoms with Crippen molar-refractivity contribution < 1.29 is 9.47 Å². The second kappa shape index (κ2) is 7.43. The van der Waals surface area contributed by atoms with Gasteiger partial charge in [-0.1, -0.05) is 93.5 Å². The first-order valence-corrected chi connectivity index (χ1v) is 13.8. The Hall–Kier alpha value is -2.75. The van der Waals surface area contributed by atoms with E-state index in [4.69, 9.17) is 14.5 Å². The summed E-state index contributed by atoms with van der Waals surface area (Å²) in [6.45, 7) is 22.9. The molecule has 0 unspecified atom stereocenters. The molecule has 0 atom stereocenters. The SMILES string of the molecule is CC(C)(C)c1ccc2c(c1)Oc1nc3c(c4c1B2c1ccc(C(C)(C)C)cc1O4)C(C)(C)CCC3(C)C. The molecule has 0 radical (unpaired) electrons. The molecule has 3 aliphatic rings. The first kappa shape index (κ1) is 24.6. The maximum Gasteiger partial charge on any atom is 0.262 e. The summed E-state index contributed by atoms with van der Waals surface area (Å²) in [7, 11) is 0. The van der Waals surface area contributed by atoms with E-state index in [0.717, 1.165) is 41.2 Å². The standard InChI is InChI=1S/C33H40BNO2/c1-30(2,3)19-11-13-21-23(17-19)36-27-25-28(33(9,10)16-15-32(25,7)8)35-29-26(27)34(21)22-14-12-20(31(4,5)6)18-24(22)37-29/h11-14,17-18H,15-16H2,1-10H3. The molecule has 3 aromatic rings. The Morgan fingerprint density at radius 3 is 1.78 bits per heavy atom. The second-order valence-electron chi connectivity index (χ2n) is 14.8. The summed E-state index contributed by atoms with van der Waals surface area (Å²) in [6, 6.07) is 13.6. The Balaban J connectivity index is 1.68. The topological polar surface area (TPSA) is 31.4 Å². The lowest BCUT2D eigenvalue weighted by molar-refractivity contribution is 0.307. The predicted molar refractivity (Wildman–Crippen MR) is 155 cm³/mol. The molecule has 3 heterocycles. The monoisotopic (exact) mass is 493 g/mol. The summed E-state index contributed by atoms with van der Waals surface area (Å²) < 4.78 is 13.6. The average molecular weight is 494 g/mol. The fourth-order valence-electron chi connectivity index (χ4n) is 6.33. The molecular formula is C33H40BNO2. The van der Waals surface area contributed by atoms with E-state index in [9.17, 15) is 0 Å². The van der Waals surface area contributed by atoms with Crippen molar-refractivity contribution in [3.63, 3.8) is 0 Å². The van der Waals surface area contributed by atoms with Crippen molar-refractivity contribution in [3.8, 4) is 23.1 Å². The van der Waals surface area contributed by atoms with Gasteiger partial charge in [-0.25, -0.2) is 4.98 Å². The minimum atomic E-state index is -0.0420. The molecule has 0 N–H and O–H groups in total. The molecular weight excluding hydrogens is 453 g/mol. The lowest BCUT2D eigenvalue weighted by Crippen LogP contribution is -2.58. The van der Waals surface area contributed by atoms with E-state index in [-0.39, 0.29) is 28.4 Å². The third-order valence-corrected chi connectivity index (χ3v) is 8.93. The van der Waals surface area contributed by atoms with Crippen LogP contribution in [0.25, 0.3) is 0 Å². The number of ether oxygens (including phenoxy) is 2. The molecule has 2 aromatic carbocycles. The molecule has 4 heteroatoms. The number of nitrogens with zero attached hydrogens (tertiary/aromatic N) is 1. The van der Waals surface area contributed by atoms with Gasteiger partial charge in [0.05, 0.1) is 5.69 Å². The minimum Gasteiger partial charge on any atom is -0.458 e. The summed E-state index contributed by atoms with van der Waals surface area (Å²) in [6.07, 6.45) is 2.20. The van der Waals surface area contributed by atoms with E-state index in [1.165, 1.54) is 27.6 Å². The van der Waals surface area contributed by atoms with E-state index in [2.05, 4.69) is 106 Å². The van der Waals surface area contributed by atoms with Gasteiger partial charge in [-0.3, -0.25) is 0 Å². The summed E-state index contributed by atoms with van der Waals surface area (Å²) in [5.41, 5.74) is 8.44. The average Bonchev–Trinajstić information content (AvgIpc) is 2.79. The molecule has 0 saturated carbocycles. The van der Waals surface area contributed by atoms with Gasteiger partial charge >= 0.3 is 0 Å². The number of benzene rings is 2. The maximum absolute atomic E-state index is 6.96. The van der Waals surface area contributed by atoms with Gasteiger partial charge in [-0.05, 0) is 63.3 Å². The van der Waals surface area contributed by atoms with Gasteiger partial charge < -0.3 is 9.47 Å². The fourth-order valence-corrected chi connectivity index (χ4v) is 6.33. The summed E-state index contributed by atoms with van der Waals surface area (Å²) in [5.74, 6) is 3.58. The Kier molecular flexibility index (Phi) is 4.93. The summed E-state index contributed by atoms with van der Waals surface area (Å²) >= 11 is 0. The molecule has 2 aliphatic heterocycles. The summed E-state index contributed by atoms with van der Waals surface area (Å²) in [5, 5.41) is 0. The second-order valence-corrected chi connectivity index (χ2v) is 14.8. The zero-order valence-corrected chi connectivity index (χ0v) is 24.2. The van der Waals surface area contributed by atoms with Crippen molar-refractivity contribution in [2.75, 3.05) is 0 Å². The lowest BCUT2D eigenvalue weighted by Gasteiger charge is -2.44. The van der Waals surface area contributed by atoms with Crippen molar-refractivity contribution in [2.24, 2.45) is 0 Å². The number of pyridine rings is 1. The van der Waals surface area contributed by atoms with Gasteiger partial charge in [0.25, 0.3) is 6.71 Å². The summed E-state index contributed by atoms with van der Waals surface area (Å²) in [4.78, 5) is 5.31. The van der Waals surface area contributed by atoms with Gasteiger partial charge in [-0.2, -0.15) is 0 Å². The number of hydrogen-bond donors (Lipinski definition) is 0. The molecule has 3 nitrogen and oxygen atoms in total. The normalized spacial score (nSPS) is 18.6. The van der Waals surface area contributed by atoms with Crippen LogP contribution in [0.3, 0.4) is 0 Å². The highest BCUT2D eigenvalue weighted by Gasteiger charge is 2.48. The van der Waals surface area contributed by atoms with Crippen LogP contribution in [0.4, 0.5) is 0 Å². The van der Waals surface area contributed by atoms with E-state index in [1.807, 2.05) is 0 Å². The molecule has 0 amide bonds. The van der Waals surface area contributed by atoms with Crippen LogP contribution < -0.4 is 25.9 Å². The molecule has 0 bridgehead atoms. The van der Waals surface area contributed by atoms with Crippen molar-refractivity contribution in [1.29, 1.82) is 0 Å². The van der Waals surface area contributed by atoms with Crippen LogP contribution in [-0.2, 0) is 21.7 Å². The largest absolute Gasteiger partial charge is 0.458 e. The van der Waals surface area contributed by atoms with E-state index in [0.29, 0.717) is 5.88 Å². The van der Waals surface area contributed by atoms with Gasteiger partial charge in [0.2, 0.25) is 5.88 Å². The van der Waals surface area contributed by atoms with Crippen molar-refractivity contribution in [3.05, 3.63) is 58.8 Å². The molecule has 192 valence electrons. The number of rotatable bonds is 0. The van der Waals surface area contributed by atoms with Crippen molar-refractivity contribution in [1.82, 2.24) is 4.98 Å². The van der Waals surface area contributed by atoms with Crippen LogP contribution in [0.1, 0.15) is 104 Å². The zero-order valence-electron chi connectivity index (χ0n) is 24.2. The molecule has 1 aliphatic carbocycles. The Labute approximate surface area is 223 Å². The van der Waals surface area contributed by atoms with Crippen LogP contribution in [0.5, 0.6) is 23.1 Å². The van der Waals surface area contributed by atoms with Crippen LogP contribution >= 0.6 is 0 Å². The Bertz CT molecular complexity index is 1440. The van der Waals surface area contributed by atoms with Crippen LogP contribution in [0.15, 0.2) is 36.4 Å². The van der Waals surface area contributed by atoms with E-state index < -0.39 is 0 Å². The van der Waals surface area contributed by atoms with Crippen molar-refractivity contribution >= 4 is 23.1 Å². The predicted octanol–water partition coefficient (Wildman–Crippen LogP) is 6.75. The molecule has 0 spiro atoms. The highest BCUT2D eigenvalue weighted by atomic mass is 16.5. The molecule has 0 fully saturated rings. The first-order chi connectivity index (χ1) is 17.1. The van der Waals surface area contributed by atoms with Crippen LogP contribution in [0, 0.1) is 0 Å². The smallest absolute Gasteiger partial charge is 0.262 e. The minimum absolute atomic E-state index is 0.0255. The van der Waals surface area contributed by atoms with Gasteiger partial charge in [0, 0.05) is 16.4 Å². The van der Waals surface area contributed by atoms with E-state index >= 15 is 0 Å².